The highest BCUT2D eigenvalue weighted by Crippen LogP contribution is 2.27. The number of rotatable bonds is 10. The Morgan fingerprint density at radius 1 is 0.914 bits per heavy atom. The van der Waals surface area contributed by atoms with Crippen molar-refractivity contribution in [1.82, 2.24) is 20.3 Å². The largest absolute Gasteiger partial charge is 0.357 e. The lowest BCUT2D eigenvalue weighted by Crippen LogP contribution is -2.23. The molecule has 4 rings (SSSR count). The van der Waals surface area contributed by atoms with Crippen LogP contribution in [0.4, 0.5) is 5.82 Å². The molecule has 0 saturated carbocycles. The molecule has 0 aliphatic carbocycles. The monoisotopic (exact) mass is 483 g/mol. The van der Waals surface area contributed by atoms with E-state index in [4.69, 9.17) is 9.97 Å². The minimum atomic E-state index is -0.113. The number of hydrogen-bond donors (Lipinski definition) is 1. The standard InChI is InChI=1S/C28H29N5OS/c1-3-33(4-2)26-18-25(22-10-6-5-7-11-22)31-28(32-26)35-20-21-13-15-23(16-14-21)27(34)30-19-24-12-8-9-17-29-24/h5-18H,3-4,19-20H2,1-2H3,(H,30,34). The zero-order chi connectivity index (χ0) is 24.5. The van der Waals surface area contributed by atoms with Crippen molar-refractivity contribution in [3.63, 3.8) is 0 Å². The highest BCUT2D eigenvalue weighted by atomic mass is 32.2. The lowest BCUT2D eigenvalue weighted by atomic mass is 10.1. The zero-order valence-electron chi connectivity index (χ0n) is 20.0. The third-order valence-electron chi connectivity index (χ3n) is 5.59. The van der Waals surface area contributed by atoms with Crippen molar-refractivity contribution in [3.05, 3.63) is 102 Å². The summed E-state index contributed by atoms with van der Waals surface area (Å²) in [5.74, 6) is 1.54. The van der Waals surface area contributed by atoms with Crippen LogP contribution in [0.15, 0.2) is 90.2 Å². The molecular formula is C28H29N5OS. The highest BCUT2D eigenvalue weighted by molar-refractivity contribution is 7.98. The lowest BCUT2D eigenvalue weighted by Gasteiger charge is -2.21. The molecule has 178 valence electrons. The van der Waals surface area contributed by atoms with Crippen LogP contribution in [0.3, 0.4) is 0 Å². The number of nitrogens with zero attached hydrogens (tertiary/aromatic N) is 4. The van der Waals surface area contributed by atoms with E-state index in [2.05, 4.69) is 47.2 Å². The van der Waals surface area contributed by atoms with Crippen LogP contribution < -0.4 is 10.2 Å². The Morgan fingerprint density at radius 3 is 2.34 bits per heavy atom. The van der Waals surface area contributed by atoms with Gasteiger partial charge in [-0.15, -0.1) is 0 Å². The third kappa shape index (κ3) is 6.67. The number of benzene rings is 2. The van der Waals surface area contributed by atoms with E-state index >= 15 is 0 Å². The van der Waals surface area contributed by atoms with E-state index < -0.39 is 0 Å². The summed E-state index contributed by atoms with van der Waals surface area (Å²) in [7, 11) is 0. The summed E-state index contributed by atoms with van der Waals surface area (Å²) in [6.07, 6.45) is 1.72. The second-order valence-electron chi connectivity index (χ2n) is 7.92. The molecule has 2 aromatic heterocycles. The number of anilines is 1. The first-order valence-electron chi connectivity index (χ1n) is 11.8. The second kappa shape index (κ2) is 12.1. The molecule has 0 radical (unpaired) electrons. The maximum atomic E-state index is 12.5. The summed E-state index contributed by atoms with van der Waals surface area (Å²) in [5.41, 5.74) is 4.56. The normalized spacial score (nSPS) is 10.7. The summed E-state index contributed by atoms with van der Waals surface area (Å²) in [6, 6.07) is 25.6. The van der Waals surface area contributed by atoms with Crippen LogP contribution >= 0.6 is 11.8 Å². The number of aromatic nitrogens is 3. The molecule has 6 nitrogen and oxygen atoms in total. The molecule has 1 N–H and O–H groups in total. The van der Waals surface area contributed by atoms with Gasteiger partial charge in [-0.05, 0) is 43.7 Å². The average molecular weight is 484 g/mol. The van der Waals surface area contributed by atoms with E-state index in [-0.39, 0.29) is 5.91 Å². The van der Waals surface area contributed by atoms with Crippen LogP contribution in [-0.4, -0.2) is 33.9 Å². The molecule has 0 bridgehead atoms. The second-order valence-corrected chi connectivity index (χ2v) is 8.86. The first kappa shape index (κ1) is 24.4. The molecule has 35 heavy (non-hydrogen) atoms. The molecule has 4 aromatic rings. The van der Waals surface area contributed by atoms with Gasteiger partial charge in [-0.3, -0.25) is 9.78 Å². The number of nitrogens with one attached hydrogen (secondary N) is 1. The van der Waals surface area contributed by atoms with Gasteiger partial charge in [-0.25, -0.2) is 9.97 Å². The number of amides is 1. The van der Waals surface area contributed by atoms with E-state index in [0.29, 0.717) is 17.9 Å². The van der Waals surface area contributed by atoms with Gasteiger partial charge in [0.15, 0.2) is 5.16 Å². The number of thioether (sulfide) groups is 1. The van der Waals surface area contributed by atoms with Gasteiger partial charge in [0.25, 0.3) is 5.91 Å². The SMILES string of the molecule is CCN(CC)c1cc(-c2ccccc2)nc(SCc2ccc(C(=O)NCc3ccccn3)cc2)n1. The molecule has 0 unspecified atom stereocenters. The Hall–Kier alpha value is -3.71. The minimum absolute atomic E-state index is 0.113. The molecule has 7 heteroatoms. The quantitative estimate of drug-likeness (QED) is 0.234. The number of hydrogen-bond acceptors (Lipinski definition) is 6. The minimum Gasteiger partial charge on any atom is -0.357 e. The molecule has 0 spiro atoms. The fourth-order valence-electron chi connectivity index (χ4n) is 3.62. The van der Waals surface area contributed by atoms with Crippen LogP contribution in [0.1, 0.15) is 35.5 Å². The molecule has 2 heterocycles. The van der Waals surface area contributed by atoms with Gasteiger partial charge in [0.2, 0.25) is 0 Å². The molecule has 0 atom stereocenters. The fourth-order valence-corrected chi connectivity index (χ4v) is 4.43. The van der Waals surface area contributed by atoms with Crippen LogP contribution in [0, 0.1) is 0 Å². The van der Waals surface area contributed by atoms with Crippen molar-refractivity contribution in [1.29, 1.82) is 0 Å². The van der Waals surface area contributed by atoms with Gasteiger partial charge in [0.1, 0.15) is 5.82 Å². The Kier molecular flexibility index (Phi) is 8.46. The van der Waals surface area contributed by atoms with Crippen molar-refractivity contribution in [2.24, 2.45) is 0 Å². The van der Waals surface area contributed by atoms with E-state index in [9.17, 15) is 4.79 Å². The molecule has 0 fully saturated rings. The Labute approximate surface area is 210 Å². The van der Waals surface area contributed by atoms with Crippen LogP contribution in [0.2, 0.25) is 0 Å². The first-order chi connectivity index (χ1) is 17.2. The van der Waals surface area contributed by atoms with Crippen molar-refractivity contribution in [3.8, 4) is 11.3 Å². The van der Waals surface area contributed by atoms with Crippen molar-refractivity contribution in [2.45, 2.75) is 31.3 Å². The first-order valence-corrected chi connectivity index (χ1v) is 12.7. The molecule has 1 amide bonds. The van der Waals surface area contributed by atoms with E-state index in [0.717, 1.165) is 46.6 Å². The summed E-state index contributed by atoms with van der Waals surface area (Å²) in [6.45, 7) is 6.44. The predicted octanol–water partition coefficient (Wildman–Crippen LogP) is 5.61. The van der Waals surface area contributed by atoms with Crippen LogP contribution in [0.5, 0.6) is 0 Å². The van der Waals surface area contributed by atoms with Gasteiger partial charge in [-0.1, -0.05) is 60.3 Å². The number of pyridine rings is 1. The van der Waals surface area contributed by atoms with E-state index in [1.807, 2.05) is 60.7 Å². The van der Waals surface area contributed by atoms with Crippen LogP contribution in [-0.2, 0) is 12.3 Å². The molecule has 0 saturated heterocycles. The average Bonchev–Trinajstić information content (AvgIpc) is 2.92. The smallest absolute Gasteiger partial charge is 0.251 e. The molecule has 0 aliphatic heterocycles. The predicted molar refractivity (Wildman–Crippen MR) is 142 cm³/mol. The highest BCUT2D eigenvalue weighted by Gasteiger charge is 2.12. The maximum Gasteiger partial charge on any atom is 0.251 e. The van der Waals surface area contributed by atoms with Crippen molar-refractivity contribution < 1.29 is 4.79 Å². The Morgan fingerprint density at radius 2 is 1.66 bits per heavy atom. The fraction of sp³-hybridized carbons (Fsp3) is 0.214. The Bertz CT molecular complexity index is 1230. The molecule has 2 aromatic carbocycles. The van der Waals surface area contributed by atoms with Gasteiger partial charge < -0.3 is 10.2 Å². The van der Waals surface area contributed by atoms with E-state index in [1.54, 1.807) is 18.0 Å². The number of carbonyl (C=O) groups is 1. The van der Waals surface area contributed by atoms with Crippen LogP contribution in [0.25, 0.3) is 11.3 Å². The molecular weight excluding hydrogens is 454 g/mol. The number of carbonyl (C=O) groups excluding carboxylic acids is 1. The summed E-state index contributed by atoms with van der Waals surface area (Å²) in [4.78, 5) is 28.6. The maximum absolute atomic E-state index is 12.5. The topological polar surface area (TPSA) is 71.0 Å². The van der Waals surface area contributed by atoms with Gasteiger partial charge in [0, 0.05) is 42.2 Å². The third-order valence-corrected chi connectivity index (χ3v) is 6.51. The van der Waals surface area contributed by atoms with Crippen molar-refractivity contribution >= 4 is 23.5 Å². The van der Waals surface area contributed by atoms with Gasteiger partial charge >= 0.3 is 0 Å². The van der Waals surface area contributed by atoms with Gasteiger partial charge in [0.05, 0.1) is 17.9 Å². The summed E-state index contributed by atoms with van der Waals surface area (Å²) >= 11 is 1.60. The molecule has 0 aliphatic rings. The van der Waals surface area contributed by atoms with E-state index in [1.165, 1.54) is 0 Å². The summed E-state index contributed by atoms with van der Waals surface area (Å²) in [5, 5.41) is 3.65. The van der Waals surface area contributed by atoms with Crippen molar-refractivity contribution in [2.75, 3.05) is 18.0 Å². The summed E-state index contributed by atoms with van der Waals surface area (Å²) < 4.78 is 0. The zero-order valence-corrected chi connectivity index (χ0v) is 20.8. The Balaban J connectivity index is 1.43. The lowest BCUT2D eigenvalue weighted by molar-refractivity contribution is 0.0950. The van der Waals surface area contributed by atoms with Gasteiger partial charge in [-0.2, -0.15) is 0 Å².